The second-order valence-electron chi connectivity index (χ2n) is 6.67. The molecular weight excluding hydrogens is 394 g/mol. The highest BCUT2D eigenvalue weighted by Gasteiger charge is 2.14. The van der Waals surface area contributed by atoms with Crippen LogP contribution in [0.25, 0.3) is 17.1 Å². The fraction of sp³-hybridized carbons (Fsp3) is 0.125. The van der Waals surface area contributed by atoms with E-state index in [0.29, 0.717) is 29.5 Å². The summed E-state index contributed by atoms with van der Waals surface area (Å²) in [6.45, 7) is 0.444. The van der Waals surface area contributed by atoms with Crippen molar-refractivity contribution in [1.29, 1.82) is 0 Å². The van der Waals surface area contributed by atoms with E-state index in [1.54, 1.807) is 36.1 Å². The second kappa shape index (κ2) is 9.13. The topological polar surface area (TPSA) is 75.5 Å². The molecule has 0 bridgehead atoms. The number of hydrogen-bond acceptors (Lipinski definition) is 6. The molecular formula is C24H21N3O4. The fourth-order valence-corrected chi connectivity index (χ4v) is 3.15. The number of benzene rings is 3. The van der Waals surface area contributed by atoms with E-state index in [0.717, 1.165) is 16.8 Å². The molecule has 3 aromatic carbocycles. The summed E-state index contributed by atoms with van der Waals surface area (Å²) in [5.74, 6) is 1.49. The molecule has 0 saturated carbocycles. The van der Waals surface area contributed by atoms with Gasteiger partial charge in [0.2, 0.25) is 0 Å². The molecule has 4 aromatic rings. The molecule has 0 radical (unpaired) electrons. The average Bonchev–Trinajstić information content (AvgIpc) is 3.33. The number of nitrogens with zero attached hydrogens (tertiary/aromatic N) is 3. The van der Waals surface area contributed by atoms with Gasteiger partial charge in [-0.15, -0.1) is 0 Å². The molecule has 0 aliphatic rings. The number of hydrogen-bond donors (Lipinski definition) is 0. The van der Waals surface area contributed by atoms with Crippen LogP contribution in [0.2, 0.25) is 0 Å². The predicted molar refractivity (Wildman–Crippen MR) is 115 cm³/mol. The van der Waals surface area contributed by atoms with E-state index in [2.05, 4.69) is 10.1 Å². The van der Waals surface area contributed by atoms with Crippen LogP contribution < -0.4 is 9.47 Å². The molecule has 0 amide bonds. The molecule has 156 valence electrons. The molecule has 0 unspecified atom stereocenters. The number of methoxy groups -OCH3 is 2. The van der Waals surface area contributed by atoms with Gasteiger partial charge in [0, 0.05) is 5.56 Å². The molecule has 1 heterocycles. The maximum absolute atomic E-state index is 11.7. The summed E-state index contributed by atoms with van der Waals surface area (Å²) in [4.78, 5) is 16.1. The highest BCUT2D eigenvalue weighted by Crippen LogP contribution is 2.33. The van der Waals surface area contributed by atoms with Gasteiger partial charge < -0.3 is 14.2 Å². The van der Waals surface area contributed by atoms with E-state index in [-0.39, 0.29) is 5.97 Å². The minimum atomic E-state index is -0.388. The molecule has 0 aliphatic heterocycles. The van der Waals surface area contributed by atoms with Crippen molar-refractivity contribution in [1.82, 2.24) is 14.8 Å². The smallest absolute Gasteiger partial charge is 0.337 e. The van der Waals surface area contributed by atoms with Crippen molar-refractivity contribution in [2.45, 2.75) is 6.61 Å². The monoisotopic (exact) mass is 415 g/mol. The third-order valence-corrected chi connectivity index (χ3v) is 4.74. The first kappa shape index (κ1) is 20.2. The van der Waals surface area contributed by atoms with Gasteiger partial charge in [0.15, 0.2) is 17.3 Å². The molecule has 7 nitrogen and oxygen atoms in total. The highest BCUT2D eigenvalue weighted by atomic mass is 16.5. The quantitative estimate of drug-likeness (QED) is 0.419. The minimum absolute atomic E-state index is 0.388. The molecule has 0 aliphatic carbocycles. The summed E-state index contributed by atoms with van der Waals surface area (Å²) < 4.78 is 17.9. The molecule has 4 rings (SSSR count). The summed E-state index contributed by atoms with van der Waals surface area (Å²) in [6, 6.07) is 22.5. The molecule has 7 heteroatoms. The van der Waals surface area contributed by atoms with Crippen LogP contribution in [0.5, 0.6) is 11.5 Å². The molecule has 1 aromatic heterocycles. The van der Waals surface area contributed by atoms with Crippen molar-refractivity contribution in [2.24, 2.45) is 0 Å². The molecule has 0 fully saturated rings. The number of esters is 1. The van der Waals surface area contributed by atoms with Gasteiger partial charge in [-0.25, -0.2) is 14.5 Å². The lowest BCUT2D eigenvalue weighted by Crippen LogP contribution is -2.03. The van der Waals surface area contributed by atoms with Crippen molar-refractivity contribution in [3.05, 3.63) is 90.3 Å². The summed E-state index contributed by atoms with van der Waals surface area (Å²) in [5, 5.41) is 4.33. The van der Waals surface area contributed by atoms with Gasteiger partial charge in [0.1, 0.15) is 12.9 Å². The standard InChI is InChI=1S/C24H21N3O4/c1-29-22-14-19(10-13-21(22)31-15-17-6-4-3-5-7-17)23-25-16-26-27(23)20-11-8-18(9-12-20)24(28)30-2/h3-14,16H,15H2,1-2H3. The summed E-state index contributed by atoms with van der Waals surface area (Å²) in [6.07, 6.45) is 1.48. The van der Waals surface area contributed by atoms with E-state index >= 15 is 0 Å². The predicted octanol–water partition coefficient (Wildman–Crippen LogP) is 4.31. The SMILES string of the molecule is COC(=O)c1ccc(-n2ncnc2-c2ccc(OCc3ccccc3)c(OC)c2)cc1. The number of aromatic nitrogens is 3. The van der Waals surface area contributed by atoms with Crippen molar-refractivity contribution in [3.63, 3.8) is 0 Å². The normalized spacial score (nSPS) is 10.5. The zero-order valence-corrected chi connectivity index (χ0v) is 17.2. The lowest BCUT2D eigenvalue weighted by atomic mass is 10.1. The van der Waals surface area contributed by atoms with Crippen molar-refractivity contribution in [2.75, 3.05) is 14.2 Å². The lowest BCUT2D eigenvalue weighted by Gasteiger charge is -2.13. The van der Waals surface area contributed by atoms with E-state index < -0.39 is 0 Å². The summed E-state index contributed by atoms with van der Waals surface area (Å²) >= 11 is 0. The minimum Gasteiger partial charge on any atom is -0.493 e. The van der Waals surface area contributed by atoms with E-state index in [4.69, 9.17) is 14.2 Å². The van der Waals surface area contributed by atoms with Gasteiger partial charge >= 0.3 is 5.97 Å². The van der Waals surface area contributed by atoms with Crippen LogP contribution in [0, 0.1) is 0 Å². The summed E-state index contributed by atoms with van der Waals surface area (Å²) in [5.41, 5.74) is 3.13. The van der Waals surface area contributed by atoms with E-state index in [1.807, 2.05) is 48.5 Å². The Morgan fingerprint density at radius 1 is 0.935 bits per heavy atom. The number of rotatable bonds is 7. The number of ether oxygens (including phenoxy) is 3. The fourth-order valence-electron chi connectivity index (χ4n) is 3.15. The first-order chi connectivity index (χ1) is 15.2. The largest absolute Gasteiger partial charge is 0.493 e. The third-order valence-electron chi connectivity index (χ3n) is 4.74. The maximum Gasteiger partial charge on any atom is 0.337 e. The molecule has 0 saturated heterocycles. The Balaban J connectivity index is 1.59. The van der Waals surface area contributed by atoms with Crippen LogP contribution >= 0.6 is 0 Å². The number of carbonyl (C=O) groups excluding carboxylic acids is 1. The van der Waals surface area contributed by atoms with Gasteiger partial charge in [-0.05, 0) is 48.0 Å². The van der Waals surface area contributed by atoms with Gasteiger partial charge in [-0.1, -0.05) is 30.3 Å². The van der Waals surface area contributed by atoms with Gasteiger partial charge in [0.25, 0.3) is 0 Å². The molecule has 31 heavy (non-hydrogen) atoms. The van der Waals surface area contributed by atoms with Crippen LogP contribution in [-0.4, -0.2) is 35.0 Å². The van der Waals surface area contributed by atoms with Crippen molar-refractivity contribution >= 4 is 5.97 Å². The van der Waals surface area contributed by atoms with Crippen LogP contribution in [-0.2, 0) is 11.3 Å². The van der Waals surface area contributed by atoms with Gasteiger partial charge in [0.05, 0.1) is 25.5 Å². The summed E-state index contributed by atoms with van der Waals surface area (Å²) in [7, 11) is 2.96. The van der Waals surface area contributed by atoms with E-state index in [9.17, 15) is 4.79 Å². The number of carbonyl (C=O) groups is 1. The highest BCUT2D eigenvalue weighted by molar-refractivity contribution is 5.89. The molecule has 0 atom stereocenters. The van der Waals surface area contributed by atoms with Crippen LogP contribution in [0.4, 0.5) is 0 Å². The van der Waals surface area contributed by atoms with Crippen molar-refractivity contribution in [3.8, 4) is 28.6 Å². The Hall–Kier alpha value is -4.13. The maximum atomic E-state index is 11.7. The van der Waals surface area contributed by atoms with E-state index in [1.165, 1.54) is 13.4 Å². The Morgan fingerprint density at radius 2 is 1.71 bits per heavy atom. The Labute approximate surface area is 179 Å². The van der Waals surface area contributed by atoms with Crippen LogP contribution in [0.3, 0.4) is 0 Å². The second-order valence-corrected chi connectivity index (χ2v) is 6.67. The molecule has 0 N–H and O–H groups in total. The first-order valence-corrected chi connectivity index (χ1v) is 9.63. The molecule has 0 spiro atoms. The van der Waals surface area contributed by atoms with Gasteiger partial charge in [-0.2, -0.15) is 5.10 Å². The zero-order chi connectivity index (χ0) is 21.6. The van der Waals surface area contributed by atoms with Crippen LogP contribution in [0.1, 0.15) is 15.9 Å². The third kappa shape index (κ3) is 4.40. The Bertz CT molecular complexity index is 1170. The average molecular weight is 415 g/mol. The Kier molecular flexibility index (Phi) is 5.93. The Morgan fingerprint density at radius 3 is 2.42 bits per heavy atom. The van der Waals surface area contributed by atoms with Gasteiger partial charge in [-0.3, -0.25) is 0 Å². The van der Waals surface area contributed by atoms with Crippen LogP contribution in [0.15, 0.2) is 79.1 Å². The first-order valence-electron chi connectivity index (χ1n) is 9.63. The zero-order valence-electron chi connectivity index (χ0n) is 17.2. The van der Waals surface area contributed by atoms with Crippen molar-refractivity contribution < 1.29 is 19.0 Å². The lowest BCUT2D eigenvalue weighted by molar-refractivity contribution is 0.0600.